The highest BCUT2D eigenvalue weighted by molar-refractivity contribution is 6.37. The molecule has 0 saturated carbocycles. The van der Waals surface area contributed by atoms with Gasteiger partial charge in [0, 0.05) is 16.3 Å². The van der Waals surface area contributed by atoms with Gasteiger partial charge in [0.15, 0.2) is 5.75 Å². The van der Waals surface area contributed by atoms with E-state index >= 15 is 0 Å². The number of nitrogens with one attached hydrogen (secondary N) is 1. The summed E-state index contributed by atoms with van der Waals surface area (Å²) in [4.78, 5) is 12.6. The Morgan fingerprint density at radius 1 is 1.06 bits per heavy atom. The van der Waals surface area contributed by atoms with E-state index in [2.05, 4.69) is 11.4 Å². The number of hydrogen-bond acceptors (Lipinski definition) is 4. The summed E-state index contributed by atoms with van der Waals surface area (Å²) in [5.74, 6) is -0.357. The molecule has 0 aliphatic carbocycles. The lowest BCUT2D eigenvalue weighted by Gasteiger charge is -2.12. The number of nitrogens with zero attached hydrogens (tertiary/aromatic N) is 2. The van der Waals surface area contributed by atoms with Gasteiger partial charge >= 0.3 is 0 Å². The standard InChI is InChI=1S/C25H16Cl3N3O2/c1-15-6-7-20(26)11-23(15)31-25(32)19(13-30)8-16-9-21(27)24(22(28)10-16)33-14-18-5-3-2-4-17(18)12-29/h2-11H,14H2,1H3,(H,31,32)/b19-8+. The average Bonchev–Trinajstić information content (AvgIpc) is 2.79. The molecule has 0 spiro atoms. The van der Waals surface area contributed by atoms with Gasteiger partial charge in [-0.3, -0.25) is 4.79 Å². The number of halogens is 3. The number of hydrogen-bond donors (Lipinski definition) is 1. The lowest BCUT2D eigenvalue weighted by molar-refractivity contribution is -0.112. The molecular formula is C25H16Cl3N3O2. The molecule has 0 aliphatic heterocycles. The van der Waals surface area contributed by atoms with Gasteiger partial charge in [0.25, 0.3) is 5.91 Å². The van der Waals surface area contributed by atoms with E-state index < -0.39 is 5.91 Å². The van der Waals surface area contributed by atoms with Crippen molar-refractivity contribution in [2.75, 3.05) is 5.32 Å². The molecule has 1 amide bonds. The van der Waals surface area contributed by atoms with Gasteiger partial charge in [-0.15, -0.1) is 0 Å². The van der Waals surface area contributed by atoms with Crippen LogP contribution in [0.4, 0.5) is 5.69 Å². The SMILES string of the molecule is Cc1ccc(Cl)cc1NC(=O)/C(C#N)=C/c1cc(Cl)c(OCc2ccccc2C#N)c(Cl)c1. The highest BCUT2D eigenvalue weighted by Crippen LogP contribution is 2.35. The third kappa shape index (κ3) is 6.06. The Morgan fingerprint density at radius 2 is 1.76 bits per heavy atom. The molecule has 0 fully saturated rings. The maximum absolute atomic E-state index is 12.6. The van der Waals surface area contributed by atoms with Crippen LogP contribution in [0.2, 0.25) is 15.1 Å². The predicted octanol–water partition coefficient (Wildman–Crippen LogP) is 6.95. The maximum Gasteiger partial charge on any atom is 0.266 e. The first-order valence-corrected chi connectivity index (χ1v) is 10.7. The Morgan fingerprint density at radius 3 is 2.42 bits per heavy atom. The number of rotatable bonds is 6. The molecule has 0 aliphatic rings. The Balaban J connectivity index is 1.81. The number of aryl methyl sites for hydroxylation is 1. The molecule has 3 rings (SSSR count). The molecule has 164 valence electrons. The normalized spacial score (nSPS) is 10.8. The van der Waals surface area contributed by atoms with Gasteiger partial charge < -0.3 is 10.1 Å². The quantitative estimate of drug-likeness (QED) is 0.295. The fourth-order valence-corrected chi connectivity index (χ4v) is 3.72. The summed E-state index contributed by atoms with van der Waals surface area (Å²) in [5, 5.41) is 22.2. The molecule has 0 radical (unpaired) electrons. The van der Waals surface area contributed by atoms with Gasteiger partial charge in [-0.2, -0.15) is 10.5 Å². The molecule has 0 unspecified atom stereocenters. The van der Waals surface area contributed by atoms with E-state index in [0.29, 0.717) is 27.4 Å². The van der Waals surface area contributed by atoms with Crippen LogP contribution in [0.1, 0.15) is 22.3 Å². The Kier molecular flexibility index (Phi) is 7.98. The molecule has 5 nitrogen and oxygen atoms in total. The van der Waals surface area contributed by atoms with Gasteiger partial charge in [-0.05, 0) is 54.5 Å². The Labute approximate surface area is 206 Å². The summed E-state index contributed by atoms with van der Waals surface area (Å²) < 4.78 is 5.74. The summed E-state index contributed by atoms with van der Waals surface area (Å²) >= 11 is 18.7. The molecule has 1 N–H and O–H groups in total. The minimum atomic E-state index is -0.594. The number of amides is 1. The highest BCUT2D eigenvalue weighted by atomic mass is 35.5. The zero-order valence-corrected chi connectivity index (χ0v) is 19.6. The highest BCUT2D eigenvalue weighted by Gasteiger charge is 2.14. The molecule has 0 bridgehead atoms. The van der Waals surface area contributed by atoms with Gasteiger partial charge in [-0.25, -0.2) is 0 Å². The first-order valence-electron chi connectivity index (χ1n) is 9.61. The minimum Gasteiger partial charge on any atom is -0.486 e. The summed E-state index contributed by atoms with van der Waals surface area (Å²) in [5.41, 5.74) is 2.80. The number of nitriles is 2. The summed E-state index contributed by atoms with van der Waals surface area (Å²) in [6.45, 7) is 1.91. The van der Waals surface area contributed by atoms with E-state index in [4.69, 9.17) is 39.5 Å². The van der Waals surface area contributed by atoms with E-state index in [9.17, 15) is 15.3 Å². The number of anilines is 1. The monoisotopic (exact) mass is 495 g/mol. The number of benzene rings is 3. The second-order valence-electron chi connectivity index (χ2n) is 6.95. The van der Waals surface area contributed by atoms with E-state index in [1.807, 2.05) is 13.0 Å². The average molecular weight is 497 g/mol. The second kappa shape index (κ2) is 10.9. The van der Waals surface area contributed by atoms with Crippen molar-refractivity contribution in [2.45, 2.75) is 13.5 Å². The van der Waals surface area contributed by atoms with Crippen LogP contribution in [0.3, 0.4) is 0 Å². The Hall–Kier alpha value is -3.48. The van der Waals surface area contributed by atoms with Gasteiger partial charge in [0.2, 0.25) is 0 Å². The third-order valence-corrected chi connectivity index (χ3v) is 5.45. The minimum absolute atomic E-state index is 0.100. The van der Waals surface area contributed by atoms with Crippen LogP contribution in [0.25, 0.3) is 6.08 Å². The first kappa shape index (κ1) is 24.2. The number of carbonyl (C=O) groups excluding carboxylic acids is 1. The van der Waals surface area contributed by atoms with Crippen LogP contribution in [-0.2, 0) is 11.4 Å². The van der Waals surface area contributed by atoms with Crippen molar-refractivity contribution in [3.8, 4) is 17.9 Å². The molecule has 3 aromatic rings. The Bertz CT molecular complexity index is 1310. The van der Waals surface area contributed by atoms with Crippen LogP contribution in [0.15, 0.2) is 60.2 Å². The van der Waals surface area contributed by atoms with Crippen LogP contribution >= 0.6 is 34.8 Å². The van der Waals surface area contributed by atoms with Crippen molar-refractivity contribution in [2.24, 2.45) is 0 Å². The van der Waals surface area contributed by atoms with E-state index in [-0.39, 0.29) is 28.0 Å². The fraction of sp³-hybridized carbons (Fsp3) is 0.0800. The third-order valence-electron chi connectivity index (χ3n) is 4.65. The zero-order valence-electron chi connectivity index (χ0n) is 17.3. The van der Waals surface area contributed by atoms with Crippen molar-refractivity contribution >= 4 is 52.5 Å². The number of carbonyl (C=O) groups is 1. The molecule has 0 aromatic heterocycles. The van der Waals surface area contributed by atoms with Gasteiger partial charge in [0.05, 0.1) is 21.7 Å². The summed E-state index contributed by atoms with van der Waals surface area (Å²) in [7, 11) is 0. The van der Waals surface area contributed by atoms with Crippen molar-refractivity contribution in [1.82, 2.24) is 0 Å². The fourth-order valence-electron chi connectivity index (χ4n) is 2.94. The molecular weight excluding hydrogens is 481 g/mol. The topological polar surface area (TPSA) is 85.9 Å². The lowest BCUT2D eigenvalue weighted by atomic mass is 10.1. The van der Waals surface area contributed by atoms with Crippen LogP contribution in [0, 0.1) is 29.6 Å². The molecule has 0 saturated heterocycles. The summed E-state index contributed by atoms with van der Waals surface area (Å²) in [6, 6.07) is 19.2. The van der Waals surface area contributed by atoms with Crippen molar-refractivity contribution < 1.29 is 9.53 Å². The summed E-state index contributed by atoms with van der Waals surface area (Å²) in [6.07, 6.45) is 1.38. The van der Waals surface area contributed by atoms with E-state index in [1.165, 1.54) is 18.2 Å². The predicted molar refractivity (Wildman–Crippen MR) is 130 cm³/mol. The van der Waals surface area contributed by atoms with Crippen molar-refractivity contribution in [3.63, 3.8) is 0 Å². The van der Waals surface area contributed by atoms with E-state index in [1.54, 1.807) is 42.5 Å². The molecule has 33 heavy (non-hydrogen) atoms. The van der Waals surface area contributed by atoms with Gasteiger partial charge in [-0.1, -0.05) is 59.1 Å². The van der Waals surface area contributed by atoms with E-state index in [0.717, 1.165) is 5.56 Å². The number of ether oxygens (including phenoxy) is 1. The second-order valence-corrected chi connectivity index (χ2v) is 8.21. The molecule has 0 heterocycles. The smallest absolute Gasteiger partial charge is 0.266 e. The lowest BCUT2D eigenvalue weighted by Crippen LogP contribution is -2.14. The van der Waals surface area contributed by atoms with Crippen LogP contribution in [-0.4, -0.2) is 5.91 Å². The van der Waals surface area contributed by atoms with Crippen LogP contribution < -0.4 is 10.1 Å². The van der Waals surface area contributed by atoms with Crippen molar-refractivity contribution in [1.29, 1.82) is 10.5 Å². The van der Waals surface area contributed by atoms with Crippen LogP contribution in [0.5, 0.6) is 5.75 Å². The molecule has 8 heteroatoms. The maximum atomic E-state index is 12.6. The first-order chi connectivity index (χ1) is 15.8. The largest absolute Gasteiger partial charge is 0.486 e. The molecule has 0 atom stereocenters. The van der Waals surface area contributed by atoms with Crippen molar-refractivity contribution in [3.05, 3.63) is 97.5 Å². The van der Waals surface area contributed by atoms with Gasteiger partial charge in [0.1, 0.15) is 18.2 Å². The molecule has 3 aromatic carbocycles. The zero-order chi connectivity index (χ0) is 24.0.